The van der Waals surface area contributed by atoms with E-state index in [0.717, 1.165) is 11.3 Å². The molecule has 0 saturated heterocycles. The first-order chi connectivity index (χ1) is 12.1. The number of benzene rings is 2. The summed E-state index contributed by atoms with van der Waals surface area (Å²) in [7, 11) is 5.14. The van der Waals surface area contributed by atoms with Gasteiger partial charge in [0.25, 0.3) is 5.91 Å². The number of para-hydroxylation sites is 2. The Bertz CT molecular complexity index is 872. The van der Waals surface area contributed by atoms with Crippen molar-refractivity contribution in [2.75, 3.05) is 21.2 Å². The molecule has 25 heavy (non-hydrogen) atoms. The van der Waals surface area contributed by atoms with Crippen LogP contribution in [0, 0.1) is 0 Å². The highest BCUT2D eigenvalue weighted by molar-refractivity contribution is 6.00. The third-order valence-electron chi connectivity index (χ3n) is 3.67. The Balaban J connectivity index is 2.15. The predicted octanol–water partition coefficient (Wildman–Crippen LogP) is 2.75. The molecule has 1 amide bonds. The molecule has 0 saturated carbocycles. The lowest BCUT2D eigenvalue weighted by atomic mass is 10.1. The zero-order valence-electron chi connectivity index (χ0n) is 14.4. The van der Waals surface area contributed by atoms with E-state index in [1.54, 1.807) is 37.1 Å². The highest BCUT2D eigenvalue weighted by atomic mass is 16.5. The molecule has 0 radical (unpaired) electrons. The first kappa shape index (κ1) is 16.7. The Kier molecular flexibility index (Phi) is 4.81. The van der Waals surface area contributed by atoms with Gasteiger partial charge >= 0.3 is 0 Å². The first-order valence-electron chi connectivity index (χ1n) is 7.87. The number of methoxy groups -OCH3 is 1. The van der Waals surface area contributed by atoms with Crippen LogP contribution >= 0.6 is 0 Å². The van der Waals surface area contributed by atoms with Crippen molar-refractivity contribution in [2.24, 2.45) is 0 Å². The quantitative estimate of drug-likeness (QED) is 0.728. The Morgan fingerprint density at radius 1 is 1.08 bits per heavy atom. The van der Waals surface area contributed by atoms with Crippen LogP contribution in [0.5, 0.6) is 5.75 Å². The number of amides is 1. The summed E-state index contributed by atoms with van der Waals surface area (Å²) in [5.41, 5.74) is 5.46. The van der Waals surface area contributed by atoms with Crippen molar-refractivity contribution in [1.82, 2.24) is 20.2 Å². The van der Waals surface area contributed by atoms with E-state index in [9.17, 15) is 4.79 Å². The molecule has 3 aromatic rings. The molecule has 1 aromatic heterocycles. The molecule has 0 spiro atoms. The molecule has 0 bridgehead atoms. The van der Waals surface area contributed by atoms with Gasteiger partial charge in [-0.25, -0.2) is 9.69 Å². The average molecular weight is 336 g/mol. The normalized spacial score (nSPS) is 10.7. The van der Waals surface area contributed by atoms with Crippen LogP contribution < -0.4 is 10.2 Å². The maximum Gasteiger partial charge on any atom is 0.269 e. The smallest absolute Gasteiger partial charge is 0.269 e. The summed E-state index contributed by atoms with van der Waals surface area (Å²) in [6, 6.07) is 17.2. The van der Waals surface area contributed by atoms with Crippen LogP contribution in [0.3, 0.4) is 0 Å². The van der Waals surface area contributed by atoms with Crippen molar-refractivity contribution < 1.29 is 9.53 Å². The number of nitrogens with zero attached hydrogens (tertiary/aromatic N) is 3. The summed E-state index contributed by atoms with van der Waals surface area (Å²) in [5.74, 6) is 0.438. The largest absolute Gasteiger partial charge is 0.496 e. The summed E-state index contributed by atoms with van der Waals surface area (Å²) in [6.45, 7) is 0. The number of hydrogen-bond donors (Lipinski definition) is 1. The molecule has 0 aliphatic carbocycles. The maximum absolute atomic E-state index is 12.6. The van der Waals surface area contributed by atoms with E-state index in [2.05, 4.69) is 10.5 Å². The number of hydrogen-bond acceptors (Lipinski definition) is 4. The molecule has 0 unspecified atom stereocenters. The lowest BCUT2D eigenvalue weighted by Gasteiger charge is -2.12. The minimum atomic E-state index is -0.229. The number of hydrazine groups is 1. The van der Waals surface area contributed by atoms with Crippen LogP contribution in [0.15, 0.2) is 60.8 Å². The summed E-state index contributed by atoms with van der Waals surface area (Å²) < 4.78 is 7.14. The van der Waals surface area contributed by atoms with Gasteiger partial charge in [0.15, 0.2) is 0 Å². The molecule has 6 nitrogen and oxygen atoms in total. The number of aromatic nitrogens is 2. The van der Waals surface area contributed by atoms with Crippen LogP contribution in [0.1, 0.15) is 10.4 Å². The molecule has 0 aliphatic rings. The van der Waals surface area contributed by atoms with E-state index in [1.165, 1.54) is 0 Å². The molecule has 1 heterocycles. The van der Waals surface area contributed by atoms with Gasteiger partial charge in [0.1, 0.15) is 11.4 Å². The fourth-order valence-corrected chi connectivity index (χ4v) is 2.56. The molecule has 0 aliphatic heterocycles. The molecule has 3 rings (SSSR count). The molecular weight excluding hydrogens is 316 g/mol. The molecule has 0 atom stereocenters. The van der Waals surface area contributed by atoms with Crippen LogP contribution in [0.25, 0.3) is 16.9 Å². The highest BCUT2D eigenvalue weighted by Gasteiger charge is 2.21. The van der Waals surface area contributed by atoms with Gasteiger partial charge in [-0.15, -0.1) is 0 Å². The number of ether oxygens (including phenoxy) is 1. The number of carbonyl (C=O) groups excluding carboxylic acids is 1. The average Bonchev–Trinajstić information content (AvgIpc) is 3.07. The Labute approximate surface area is 146 Å². The van der Waals surface area contributed by atoms with Crippen molar-refractivity contribution in [3.05, 3.63) is 66.4 Å². The van der Waals surface area contributed by atoms with E-state index >= 15 is 0 Å². The number of carbonyl (C=O) groups is 1. The summed E-state index contributed by atoms with van der Waals surface area (Å²) in [5, 5.41) is 6.25. The van der Waals surface area contributed by atoms with E-state index in [-0.39, 0.29) is 5.91 Å². The van der Waals surface area contributed by atoms with Crippen LogP contribution in [0.4, 0.5) is 0 Å². The van der Waals surface area contributed by atoms with Gasteiger partial charge in [-0.3, -0.25) is 10.2 Å². The zero-order valence-corrected chi connectivity index (χ0v) is 14.4. The number of rotatable bonds is 5. The summed E-state index contributed by atoms with van der Waals surface area (Å²) >= 11 is 0. The third kappa shape index (κ3) is 3.54. The third-order valence-corrected chi connectivity index (χ3v) is 3.67. The van der Waals surface area contributed by atoms with Crippen LogP contribution in [-0.4, -0.2) is 41.9 Å². The Morgan fingerprint density at radius 2 is 1.76 bits per heavy atom. The van der Waals surface area contributed by atoms with Crippen molar-refractivity contribution in [1.29, 1.82) is 0 Å². The second kappa shape index (κ2) is 7.19. The van der Waals surface area contributed by atoms with Gasteiger partial charge in [0.2, 0.25) is 0 Å². The second-order valence-corrected chi connectivity index (χ2v) is 5.71. The molecule has 6 heteroatoms. The standard InChI is InChI=1S/C19H20N4O2/c1-22(2)21-19(24)16-13-23(14-9-5-4-6-10-14)20-18(16)15-11-7-8-12-17(15)25-3/h4-13H,1-3H3,(H,21,24). The highest BCUT2D eigenvalue weighted by Crippen LogP contribution is 2.31. The van der Waals surface area contributed by atoms with Crippen LogP contribution in [0.2, 0.25) is 0 Å². The lowest BCUT2D eigenvalue weighted by Crippen LogP contribution is -2.36. The van der Waals surface area contributed by atoms with Crippen LogP contribution in [-0.2, 0) is 0 Å². The zero-order chi connectivity index (χ0) is 17.8. The monoisotopic (exact) mass is 336 g/mol. The molecule has 128 valence electrons. The molecular formula is C19H20N4O2. The molecule has 2 aromatic carbocycles. The lowest BCUT2D eigenvalue weighted by molar-refractivity contribution is 0.0857. The summed E-state index contributed by atoms with van der Waals surface area (Å²) in [4.78, 5) is 12.6. The number of nitrogens with one attached hydrogen (secondary N) is 1. The van der Waals surface area contributed by atoms with Crippen molar-refractivity contribution in [3.63, 3.8) is 0 Å². The fourth-order valence-electron chi connectivity index (χ4n) is 2.56. The molecule has 0 fully saturated rings. The van der Waals surface area contributed by atoms with Crippen molar-refractivity contribution >= 4 is 5.91 Å². The second-order valence-electron chi connectivity index (χ2n) is 5.71. The topological polar surface area (TPSA) is 59.4 Å². The first-order valence-corrected chi connectivity index (χ1v) is 7.87. The Morgan fingerprint density at radius 3 is 2.44 bits per heavy atom. The fraction of sp³-hybridized carbons (Fsp3) is 0.158. The molecule has 1 N–H and O–H groups in total. The Hall–Kier alpha value is -3.12. The SMILES string of the molecule is COc1ccccc1-c1nn(-c2ccccc2)cc1C(=O)NN(C)C. The van der Waals surface area contributed by atoms with E-state index in [0.29, 0.717) is 17.0 Å². The van der Waals surface area contributed by atoms with Gasteiger partial charge in [-0.2, -0.15) is 5.10 Å². The minimum absolute atomic E-state index is 0.229. The van der Waals surface area contributed by atoms with Gasteiger partial charge in [-0.1, -0.05) is 30.3 Å². The van der Waals surface area contributed by atoms with Crippen molar-refractivity contribution in [2.45, 2.75) is 0 Å². The van der Waals surface area contributed by atoms with Gasteiger partial charge < -0.3 is 4.74 Å². The van der Waals surface area contributed by atoms with Gasteiger partial charge in [-0.05, 0) is 24.3 Å². The van der Waals surface area contributed by atoms with Gasteiger partial charge in [0, 0.05) is 25.9 Å². The maximum atomic E-state index is 12.6. The van der Waals surface area contributed by atoms with E-state index in [1.807, 2.05) is 54.6 Å². The summed E-state index contributed by atoms with van der Waals surface area (Å²) in [6.07, 6.45) is 1.73. The van der Waals surface area contributed by atoms with Gasteiger partial charge in [0.05, 0.1) is 18.4 Å². The van der Waals surface area contributed by atoms with E-state index in [4.69, 9.17) is 4.74 Å². The van der Waals surface area contributed by atoms with Crippen molar-refractivity contribution in [3.8, 4) is 22.7 Å². The minimum Gasteiger partial charge on any atom is -0.496 e. The van der Waals surface area contributed by atoms with E-state index < -0.39 is 0 Å². The predicted molar refractivity (Wildman–Crippen MR) is 96.7 cm³/mol.